The minimum atomic E-state index is -1.35. The van der Waals surface area contributed by atoms with Crippen LogP contribution in [0, 0.1) is 5.82 Å². The van der Waals surface area contributed by atoms with Gasteiger partial charge in [-0.1, -0.05) is 0 Å². The third-order valence-electron chi connectivity index (χ3n) is 7.56. The van der Waals surface area contributed by atoms with Crippen LogP contribution in [0.4, 0.5) is 10.1 Å². The Morgan fingerprint density at radius 3 is 2.51 bits per heavy atom. The Balaban J connectivity index is 1.41. The summed E-state index contributed by atoms with van der Waals surface area (Å²) < 4.78 is 21.9. The molecule has 0 bridgehead atoms. The van der Waals surface area contributed by atoms with Gasteiger partial charge in [0.05, 0.1) is 11.2 Å². The van der Waals surface area contributed by atoms with Crippen molar-refractivity contribution < 1.29 is 33.4 Å². The van der Waals surface area contributed by atoms with E-state index in [2.05, 4.69) is 10.2 Å². The van der Waals surface area contributed by atoms with Crippen molar-refractivity contribution in [2.45, 2.75) is 31.8 Å². The summed E-state index contributed by atoms with van der Waals surface area (Å²) in [5.74, 6) is -3.80. The standard InChI is InChI=1S/C27H30FN5O7S/c1-4-31-11-17(23(35)16-9-18(28)20(10-19(16)31)32-7-5-30(3)6-8-32)24(36)29-21-25(37)33-22(27(38)39)15(12-40-14(2)34)13-41-26(21)33/h9-11,21,26H,4-8,12-13H2,1-3H3,(H,29,36)(H,38,39)/t21-,26-/m1/s1. The lowest BCUT2D eigenvalue weighted by atomic mass is 10.0. The van der Waals surface area contributed by atoms with Crippen LogP contribution in [0.25, 0.3) is 10.9 Å². The SMILES string of the molecule is CCn1cc(C(=O)N[C@@H]2C(=O)N3C(C(=O)O)=C(COC(C)=O)CS[C@H]23)c(=O)c2cc(F)c(N3CCN(C)CC3)cc21. The van der Waals surface area contributed by atoms with Crippen LogP contribution in [-0.4, -0.2) is 100 Å². The van der Waals surface area contributed by atoms with Gasteiger partial charge in [-0.05, 0) is 26.1 Å². The highest BCUT2D eigenvalue weighted by Crippen LogP contribution is 2.40. The molecule has 5 rings (SSSR count). The fourth-order valence-corrected chi connectivity index (χ4v) is 6.64. The molecule has 2 aromatic rings. The number of hydrogen-bond donors (Lipinski definition) is 2. The second-order valence-corrected chi connectivity index (χ2v) is 11.3. The molecule has 2 amide bonds. The first kappa shape index (κ1) is 28.6. The van der Waals surface area contributed by atoms with Crippen LogP contribution in [0.2, 0.25) is 0 Å². The second kappa shape index (κ2) is 11.2. The first-order valence-electron chi connectivity index (χ1n) is 13.2. The Hall–Kier alpha value is -3.91. The van der Waals surface area contributed by atoms with E-state index >= 15 is 4.39 Å². The summed E-state index contributed by atoms with van der Waals surface area (Å²) in [6.45, 7) is 6.02. The number of ether oxygens (including phenoxy) is 1. The molecular formula is C27H30FN5O7S. The number of aromatic nitrogens is 1. The molecule has 14 heteroatoms. The zero-order valence-electron chi connectivity index (χ0n) is 22.8. The zero-order valence-corrected chi connectivity index (χ0v) is 23.6. The van der Waals surface area contributed by atoms with Gasteiger partial charge in [0.1, 0.15) is 35.1 Å². The van der Waals surface area contributed by atoms with Crippen molar-refractivity contribution in [3.8, 4) is 0 Å². The van der Waals surface area contributed by atoms with E-state index in [9.17, 15) is 29.1 Å². The number of carbonyl (C=O) groups excluding carboxylic acids is 3. The lowest BCUT2D eigenvalue weighted by molar-refractivity contribution is -0.149. The second-order valence-electron chi connectivity index (χ2n) is 10.2. The number of nitrogens with one attached hydrogen (secondary N) is 1. The predicted molar refractivity (Wildman–Crippen MR) is 149 cm³/mol. The van der Waals surface area contributed by atoms with E-state index in [1.807, 2.05) is 18.9 Å². The maximum atomic E-state index is 15.3. The lowest BCUT2D eigenvalue weighted by Gasteiger charge is -2.49. The molecule has 0 unspecified atom stereocenters. The number of β-lactam (4-membered cyclic amide) rings is 1. The lowest BCUT2D eigenvalue weighted by Crippen LogP contribution is -2.70. The number of carboxylic acids is 1. The molecular weight excluding hydrogens is 557 g/mol. The Morgan fingerprint density at radius 2 is 1.88 bits per heavy atom. The minimum Gasteiger partial charge on any atom is -0.477 e. The van der Waals surface area contributed by atoms with Gasteiger partial charge < -0.3 is 29.5 Å². The highest BCUT2D eigenvalue weighted by atomic mass is 32.2. The van der Waals surface area contributed by atoms with Crippen LogP contribution in [0.3, 0.4) is 0 Å². The van der Waals surface area contributed by atoms with Crippen LogP contribution >= 0.6 is 11.8 Å². The van der Waals surface area contributed by atoms with Crippen molar-refractivity contribution in [1.82, 2.24) is 19.7 Å². The maximum Gasteiger partial charge on any atom is 0.352 e. The number of carbonyl (C=O) groups is 4. The number of carboxylic acid groups (broad SMARTS) is 1. The molecule has 2 atom stereocenters. The third-order valence-corrected chi connectivity index (χ3v) is 8.90. The van der Waals surface area contributed by atoms with Gasteiger partial charge in [-0.3, -0.25) is 24.1 Å². The first-order chi connectivity index (χ1) is 19.5. The van der Waals surface area contributed by atoms with Gasteiger partial charge in [-0.2, -0.15) is 0 Å². The molecule has 1 aromatic carbocycles. The number of piperazine rings is 1. The molecule has 0 radical (unpaired) electrons. The minimum absolute atomic E-state index is 0.0506. The number of esters is 1. The summed E-state index contributed by atoms with van der Waals surface area (Å²) in [5, 5.41) is 11.6. The van der Waals surface area contributed by atoms with E-state index in [0.29, 0.717) is 30.8 Å². The van der Waals surface area contributed by atoms with E-state index in [-0.39, 0.29) is 34.6 Å². The largest absolute Gasteiger partial charge is 0.477 e. The van der Waals surface area contributed by atoms with Gasteiger partial charge in [-0.25, -0.2) is 9.18 Å². The molecule has 2 fully saturated rings. The monoisotopic (exact) mass is 587 g/mol. The zero-order chi connectivity index (χ0) is 29.6. The molecule has 2 saturated heterocycles. The normalized spacial score (nSPS) is 21.0. The number of aliphatic carboxylic acids is 1. The van der Waals surface area contributed by atoms with Gasteiger partial charge in [0, 0.05) is 62.6 Å². The summed E-state index contributed by atoms with van der Waals surface area (Å²) in [7, 11) is 2.00. The van der Waals surface area contributed by atoms with Gasteiger partial charge in [0.25, 0.3) is 11.8 Å². The van der Waals surface area contributed by atoms with Crippen molar-refractivity contribution in [2.24, 2.45) is 0 Å². The van der Waals surface area contributed by atoms with Crippen molar-refractivity contribution in [3.63, 3.8) is 0 Å². The van der Waals surface area contributed by atoms with Crippen molar-refractivity contribution >= 4 is 52.1 Å². The first-order valence-corrected chi connectivity index (χ1v) is 14.2. The molecule has 12 nitrogen and oxygen atoms in total. The molecule has 0 saturated carbocycles. The number of likely N-dealkylation sites (N-methyl/N-ethyl adjacent to an activating group) is 1. The van der Waals surface area contributed by atoms with E-state index in [1.165, 1.54) is 24.9 Å². The van der Waals surface area contributed by atoms with Gasteiger partial charge in [-0.15, -0.1) is 11.8 Å². The number of pyridine rings is 1. The number of anilines is 1. The van der Waals surface area contributed by atoms with Gasteiger partial charge >= 0.3 is 11.9 Å². The number of aryl methyl sites for hydroxylation is 1. The van der Waals surface area contributed by atoms with Crippen molar-refractivity contribution in [1.29, 1.82) is 0 Å². The number of fused-ring (bicyclic) bond motifs is 2. The topological polar surface area (TPSA) is 141 Å². The van der Waals surface area contributed by atoms with Crippen LogP contribution in [-0.2, 0) is 25.7 Å². The number of benzene rings is 1. The smallest absolute Gasteiger partial charge is 0.352 e. The average Bonchev–Trinajstić information content (AvgIpc) is 2.94. The Labute approximate surface area is 238 Å². The Morgan fingerprint density at radius 1 is 1.17 bits per heavy atom. The average molecular weight is 588 g/mol. The number of hydrogen-bond acceptors (Lipinski definition) is 9. The highest BCUT2D eigenvalue weighted by Gasteiger charge is 2.54. The molecule has 4 heterocycles. The number of nitrogens with zero attached hydrogens (tertiary/aromatic N) is 4. The number of halogens is 1. The maximum absolute atomic E-state index is 15.3. The van der Waals surface area contributed by atoms with Crippen LogP contribution in [0.5, 0.6) is 0 Å². The van der Waals surface area contributed by atoms with E-state index in [4.69, 9.17) is 4.74 Å². The number of thioether (sulfide) groups is 1. The summed E-state index contributed by atoms with van der Waals surface area (Å²) >= 11 is 1.21. The molecule has 2 N–H and O–H groups in total. The quantitative estimate of drug-likeness (QED) is 0.353. The third kappa shape index (κ3) is 5.17. The molecule has 1 aromatic heterocycles. The molecule has 41 heavy (non-hydrogen) atoms. The molecule has 0 spiro atoms. The molecule has 3 aliphatic heterocycles. The van der Waals surface area contributed by atoms with Crippen LogP contribution in [0.1, 0.15) is 24.2 Å². The Bertz CT molecular complexity index is 1550. The summed E-state index contributed by atoms with van der Waals surface area (Å²) in [6.07, 6.45) is 1.40. The van der Waals surface area contributed by atoms with Crippen LogP contribution in [0.15, 0.2) is 34.4 Å². The van der Waals surface area contributed by atoms with Gasteiger partial charge in [0.15, 0.2) is 0 Å². The van der Waals surface area contributed by atoms with E-state index < -0.39 is 46.4 Å². The fourth-order valence-electron chi connectivity index (χ4n) is 5.31. The number of amides is 2. The van der Waals surface area contributed by atoms with E-state index in [1.54, 1.807) is 10.6 Å². The Kier molecular flexibility index (Phi) is 7.79. The predicted octanol–water partition coefficient (Wildman–Crippen LogP) is 0.828. The highest BCUT2D eigenvalue weighted by molar-refractivity contribution is 8.00. The summed E-state index contributed by atoms with van der Waals surface area (Å²) in [4.78, 5) is 67.9. The fraction of sp³-hybridized carbons (Fsp3) is 0.444. The number of rotatable bonds is 7. The van der Waals surface area contributed by atoms with Gasteiger partial charge in [0.2, 0.25) is 5.43 Å². The molecule has 218 valence electrons. The van der Waals surface area contributed by atoms with E-state index in [0.717, 1.165) is 24.1 Å². The van der Waals surface area contributed by atoms with Crippen molar-refractivity contribution in [2.75, 3.05) is 50.5 Å². The summed E-state index contributed by atoms with van der Waals surface area (Å²) in [6, 6.07) is 1.73. The molecule has 0 aliphatic carbocycles. The van der Waals surface area contributed by atoms with Crippen molar-refractivity contribution in [3.05, 3.63) is 51.2 Å². The van der Waals surface area contributed by atoms with Crippen LogP contribution < -0.4 is 15.6 Å². The molecule has 3 aliphatic rings. The summed E-state index contributed by atoms with van der Waals surface area (Å²) in [5.41, 5.74) is -0.0334.